The molecule has 5 nitrogen and oxygen atoms in total. The van der Waals surface area contributed by atoms with Crippen molar-refractivity contribution in [3.63, 3.8) is 0 Å². The van der Waals surface area contributed by atoms with Crippen molar-refractivity contribution < 1.29 is 9.59 Å². The van der Waals surface area contributed by atoms with Crippen LogP contribution in [0.25, 0.3) is 0 Å². The Balaban J connectivity index is 1.70. The van der Waals surface area contributed by atoms with Crippen molar-refractivity contribution >= 4 is 17.5 Å². The van der Waals surface area contributed by atoms with Crippen LogP contribution >= 0.6 is 0 Å². The summed E-state index contributed by atoms with van der Waals surface area (Å²) in [5, 5.41) is 5.77. The lowest BCUT2D eigenvalue weighted by Crippen LogP contribution is -2.24. The van der Waals surface area contributed by atoms with Gasteiger partial charge in [0.2, 0.25) is 0 Å². The Morgan fingerprint density at radius 1 is 0.929 bits per heavy atom. The zero-order valence-corrected chi connectivity index (χ0v) is 16.0. The van der Waals surface area contributed by atoms with E-state index in [4.69, 9.17) is 0 Å². The summed E-state index contributed by atoms with van der Waals surface area (Å²) in [5.41, 5.74) is 4.58. The van der Waals surface area contributed by atoms with Gasteiger partial charge < -0.3 is 10.6 Å². The number of carbonyl (C=O) groups is 2. The maximum atomic E-state index is 12.6. The largest absolute Gasteiger partial charge is 0.348 e. The number of aryl methyl sites for hydroxylation is 2. The van der Waals surface area contributed by atoms with Gasteiger partial charge in [-0.3, -0.25) is 14.6 Å². The lowest BCUT2D eigenvalue weighted by molar-refractivity contribution is 0.0950. The first-order chi connectivity index (χ1) is 13.6. The molecule has 28 heavy (non-hydrogen) atoms. The molecule has 2 N–H and O–H groups in total. The Bertz CT molecular complexity index is 998. The van der Waals surface area contributed by atoms with Gasteiger partial charge in [0, 0.05) is 24.0 Å². The summed E-state index contributed by atoms with van der Waals surface area (Å²) in [6.07, 6.45) is 2.29. The molecule has 5 heteroatoms. The number of carbonyl (C=O) groups excluding carboxylic acids is 2. The Kier molecular flexibility index (Phi) is 6.17. The Morgan fingerprint density at radius 2 is 1.64 bits per heavy atom. The molecule has 3 rings (SSSR count). The second-order valence-corrected chi connectivity index (χ2v) is 6.50. The van der Waals surface area contributed by atoms with Gasteiger partial charge >= 0.3 is 0 Å². The summed E-state index contributed by atoms with van der Waals surface area (Å²) in [5.74, 6) is -0.580. The van der Waals surface area contributed by atoms with E-state index < -0.39 is 0 Å². The fourth-order valence-corrected chi connectivity index (χ4v) is 2.92. The fourth-order valence-electron chi connectivity index (χ4n) is 2.92. The number of nitrogens with one attached hydrogen (secondary N) is 2. The second kappa shape index (κ2) is 8.95. The van der Waals surface area contributed by atoms with Crippen molar-refractivity contribution in [2.45, 2.75) is 26.8 Å². The first-order valence-electron chi connectivity index (χ1n) is 9.26. The molecule has 0 saturated carbocycles. The molecule has 0 fully saturated rings. The maximum Gasteiger partial charge on any atom is 0.274 e. The molecule has 0 atom stereocenters. The minimum absolute atomic E-state index is 0.203. The third-order valence-electron chi connectivity index (χ3n) is 4.60. The van der Waals surface area contributed by atoms with Crippen molar-refractivity contribution in [3.8, 4) is 0 Å². The third-order valence-corrected chi connectivity index (χ3v) is 4.60. The molecule has 2 amide bonds. The van der Waals surface area contributed by atoms with Gasteiger partial charge in [-0.2, -0.15) is 0 Å². The van der Waals surface area contributed by atoms with E-state index in [0.717, 1.165) is 28.8 Å². The molecule has 0 radical (unpaired) electrons. The highest BCUT2D eigenvalue weighted by Crippen LogP contribution is 2.16. The number of rotatable bonds is 6. The Labute approximate surface area is 164 Å². The van der Waals surface area contributed by atoms with Crippen LogP contribution in [0.1, 0.15) is 44.5 Å². The van der Waals surface area contributed by atoms with Crippen molar-refractivity contribution in [1.82, 2.24) is 10.3 Å². The molecule has 0 aliphatic carbocycles. The molecular formula is C23H23N3O2. The molecular weight excluding hydrogens is 350 g/mol. The van der Waals surface area contributed by atoms with Crippen molar-refractivity contribution in [1.29, 1.82) is 0 Å². The van der Waals surface area contributed by atoms with Crippen LogP contribution in [0.3, 0.4) is 0 Å². The monoisotopic (exact) mass is 373 g/mol. The van der Waals surface area contributed by atoms with E-state index in [1.807, 2.05) is 62.4 Å². The molecule has 0 aliphatic rings. The number of para-hydroxylation sites is 1. The van der Waals surface area contributed by atoms with Crippen LogP contribution < -0.4 is 10.6 Å². The van der Waals surface area contributed by atoms with Crippen LogP contribution in [-0.4, -0.2) is 16.8 Å². The number of hydrogen-bond donors (Lipinski definition) is 2. The lowest BCUT2D eigenvalue weighted by Gasteiger charge is -2.10. The number of anilines is 1. The number of pyridine rings is 1. The van der Waals surface area contributed by atoms with E-state index in [-0.39, 0.29) is 17.5 Å². The summed E-state index contributed by atoms with van der Waals surface area (Å²) in [6, 6.07) is 18.6. The van der Waals surface area contributed by atoms with E-state index in [0.29, 0.717) is 12.1 Å². The molecule has 1 heterocycles. The van der Waals surface area contributed by atoms with Gasteiger partial charge in [0.1, 0.15) is 5.69 Å². The van der Waals surface area contributed by atoms with Gasteiger partial charge in [-0.15, -0.1) is 0 Å². The average Bonchev–Trinajstić information content (AvgIpc) is 2.73. The highest BCUT2D eigenvalue weighted by Gasteiger charge is 2.13. The average molecular weight is 373 g/mol. The fraction of sp³-hybridized carbons (Fsp3) is 0.174. The summed E-state index contributed by atoms with van der Waals surface area (Å²) >= 11 is 0. The van der Waals surface area contributed by atoms with Crippen LogP contribution in [0.4, 0.5) is 5.69 Å². The molecule has 1 aromatic heterocycles. The van der Waals surface area contributed by atoms with Crippen LogP contribution in [0.5, 0.6) is 0 Å². The predicted molar refractivity (Wildman–Crippen MR) is 110 cm³/mol. The molecule has 0 saturated heterocycles. The second-order valence-electron chi connectivity index (χ2n) is 6.50. The van der Waals surface area contributed by atoms with Gasteiger partial charge in [-0.1, -0.05) is 49.4 Å². The minimum Gasteiger partial charge on any atom is -0.348 e. The van der Waals surface area contributed by atoms with Crippen LogP contribution in [-0.2, 0) is 13.0 Å². The Hall–Kier alpha value is -3.47. The van der Waals surface area contributed by atoms with Gasteiger partial charge in [-0.05, 0) is 48.2 Å². The highest BCUT2D eigenvalue weighted by atomic mass is 16.2. The smallest absolute Gasteiger partial charge is 0.274 e. The van der Waals surface area contributed by atoms with Gasteiger partial charge in [0.25, 0.3) is 11.8 Å². The van der Waals surface area contributed by atoms with Crippen LogP contribution in [0.2, 0.25) is 0 Å². The topological polar surface area (TPSA) is 71.1 Å². The molecule has 2 aromatic carbocycles. The number of nitrogens with zero attached hydrogens (tertiary/aromatic N) is 1. The zero-order valence-electron chi connectivity index (χ0n) is 16.0. The maximum absolute atomic E-state index is 12.6. The number of hydrogen-bond acceptors (Lipinski definition) is 3. The zero-order chi connectivity index (χ0) is 19.9. The SMILES string of the molecule is CCc1ccccc1NC(=O)c1cc(C(=O)NCc2ccccc2C)ccn1. The van der Waals surface area contributed by atoms with E-state index >= 15 is 0 Å². The summed E-state index contributed by atoms with van der Waals surface area (Å²) < 4.78 is 0. The molecule has 0 bridgehead atoms. The molecule has 0 unspecified atom stereocenters. The molecule has 0 spiro atoms. The standard InChI is InChI=1S/C23H23N3O2/c1-3-17-9-6-7-11-20(17)26-23(28)21-14-18(12-13-24-21)22(27)25-15-19-10-5-4-8-16(19)2/h4-14H,3,15H2,1-2H3,(H,25,27)(H,26,28). The number of aromatic nitrogens is 1. The van der Waals surface area contributed by atoms with Crippen molar-refractivity contribution in [3.05, 3.63) is 94.8 Å². The Morgan fingerprint density at radius 3 is 2.39 bits per heavy atom. The van der Waals surface area contributed by atoms with Gasteiger partial charge in [-0.25, -0.2) is 0 Å². The van der Waals surface area contributed by atoms with Crippen molar-refractivity contribution in [2.24, 2.45) is 0 Å². The first-order valence-corrected chi connectivity index (χ1v) is 9.26. The van der Waals surface area contributed by atoms with Crippen LogP contribution in [0.15, 0.2) is 66.9 Å². The molecule has 0 aliphatic heterocycles. The van der Waals surface area contributed by atoms with Gasteiger partial charge in [0.15, 0.2) is 0 Å². The van der Waals surface area contributed by atoms with Crippen LogP contribution in [0, 0.1) is 6.92 Å². The van der Waals surface area contributed by atoms with E-state index in [1.54, 1.807) is 6.07 Å². The lowest BCUT2D eigenvalue weighted by atomic mass is 10.1. The quantitative estimate of drug-likeness (QED) is 0.682. The van der Waals surface area contributed by atoms with E-state index in [1.165, 1.54) is 12.3 Å². The number of benzene rings is 2. The molecule has 142 valence electrons. The van der Waals surface area contributed by atoms with E-state index in [2.05, 4.69) is 15.6 Å². The highest BCUT2D eigenvalue weighted by molar-refractivity contribution is 6.05. The normalized spacial score (nSPS) is 10.4. The summed E-state index contributed by atoms with van der Waals surface area (Å²) in [6.45, 7) is 4.46. The van der Waals surface area contributed by atoms with E-state index in [9.17, 15) is 9.59 Å². The summed E-state index contributed by atoms with van der Waals surface area (Å²) in [4.78, 5) is 29.2. The number of amides is 2. The minimum atomic E-state index is -0.338. The third kappa shape index (κ3) is 4.62. The van der Waals surface area contributed by atoms with Crippen molar-refractivity contribution in [2.75, 3.05) is 5.32 Å². The first kappa shape index (κ1) is 19.3. The summed E-state index contributed by atoms with van der Waals surface area (Å²) in [7, 11) is 0. The van der Waals surface area contributed by atoms with Gasteiger partial charge in [0.05, 0.1) is 0 Å². The molecule has 3 aromatic rings. The predicted octanol–water partition coefficient (Wildman–Crippen LogP) is 4.13.